The van der Waals surface area contributed by atoms with E-state index >= 15 is 0 Å². The molecule has 0 radical (unpaired) electrons. The van der Waals surface area contributed by atoms with Crippen molar-refractivity contribution in [2.45, 2.75) is 26.8 Å². The third-order valence-electron chi connectivity index (χ3n) is 3.26. The minimum absolute atomic E-state index is 0.0628. The molecule has 1 aromatic heterocycles. The SMILES string of the molecule is CC(C)CC(=O)Nc1ccc(Cl)c(C(=O)NCc2nc(C(=O)O)cs2)c1. The van der Waals surface area contributed by atoms with Gasteiger partial charge in [-0.2, -0.15) is 0 Å². The van der Waals surface area contributed by atoms with Crippen molar-refractivity contribution in [3.05, 3.63) is 44.9 Å². The van der Waals surface area contributed by atoms with Gasteiger partial charge in [0.2, 0.25) is 5.91 Å². The third-order valence-corrected chi connectivity index (χ3v) is 4.44. The third kappa shape index (κ3) is 5.53. The Hall–Kier alpha value is -2.45. The number of aromatic nitrogens is 1. The number of carboxylic acid groups (broad SMARTS) is 1. The number of carbonyl (C=O) groups is 3. The predicted molar refractivity (Wildman–Crippen MR) is 99.8 cm³/mol. The molecule has 1 heterocycles. The normalized spacial score (nSPS) is 10.6. The van der Waals surface area contributed by atoms with Gasteiger partial charge in [-0.25, -0.2) is 9.78 Å². The average Bonchev–Trinajstić information content (AvgIpc) is 3.03. The van der Waals surface area contributed by atoms with Gasteiger partial charge in [-0.15, -0.1) is 11.3 Å². The first-order chi connectivity index (χ1) is 12.3. The van der Waals surface area contributed by atoms with Crippen LogP contribution in [-0.2, 0) is 11.3 Å². The topological polar surface area (TPSA) is 108 Å². The summed E-state index contributed by atoms with van der Waals surface area (Å²) in [5, 5.41) is 16.3. The average molecular weight is 396 g/mol. The second-order valence-corrected chi connectivity index (χ2v) is 7.30. The van der Waals surface area contributed by atoms with Crippen LogP contribution in [0.5, 0.6) is 0 Å². The number of rotatable bonds is 7. The molecule has 0 saturated heterocycles. The minimum atomic E-state index is -1.12. The molecule has 0 atom stereocenters. The fourth-order valence-electron chi connectivity index (χ4n) is 2.10. The minimum Gasteiger partial charge on any atom is -0.476 e. The highest BCUT2D eigenvalue weighted by molar-refractivity contribution is 7.09. The quantitative estimate of drug-likeness (QED) is 0.665. The number of thiazole rings is 1. The van der Waals surface area contributed by atoms with Crippen LogP contribution in [-0.4, -0.2) is 27.9 Å². The lowest BCUT2D eigenvalue weighted by Crippen LogP contribution is -2.23. The zero-order chi connectivity index (χ0) is 19.3. The van der Waals surface area contributed by atoms with E-state index in [-0.39, 0.29) is 34.6 Å². The summed E-state index contributed by atoms with van der Waals surface area (Å²) in [6.07, 6.45) is 0.375. The molecule has 26 heavy (non-hydrogen) atoms. The fourth-order valence-corrected chi connectivity index (χ4v) is 3.01. The van der Waals surface area contributed by atoms with E-state index in [1.165, 1.54) is 17.5 Å². The summed E-state index contributed by atoms with van der Waals surface area (Å²) in [5.41, 5.74) is 0.629. The lowest BCUT2D eigenvalue weighted by molar-refractivity contribution is -0.116. The number of halogens is 1. The summed E-state index contributed by atoms with van der Waals surface area (Å²) in [4.78, 5) is 38.9. The number of carboxylic acids is 1. The van der Waals surface area contributed by atoms with Crippen molar-refractivity contribution < 1.29 is 19.5 Å². The van der Waals surface area contributed by atoms with E-state index < -0.39 is 11.9 Å². The number of hydrogen-bond acceptors (Lipinski definition) is 5. The maximum atomic E-state index is 12.3. The molecule has 2 aromatic rings. The molecule has 0 aliphatic rings. The zero-order valence-electron chi connectivity index (χ0n) is 14.2. The van der Waals surface area contributed by atoms with Crippen molar-refractivity contribution in [2.75, 3.05) is 5.32 Å². The van der Waals surface area contributed by atoms with Gasteiger partial charge < -0.3 is 15.7 Å². The van der Waals surface area contributed by atoms with Crippen LogP contribution in [0.15, 0.2) is 23.6 Å². The number of amides is 2. The van der Waals surface area contributed by atoms with Crippen molar-refractivity contribution in [2.24, 2.45) is 5.92 Å². The molecule has 2 amide bonds. The van der Waals surface area contributed by atoms with Crippen LogP contribution in [0, 0.1) is 5.92 Å². The first-order valence-electron chi connectivity index (χ1n) is 7.81. The molecular formula is C17H18ClN3O4S. The van der Waals surface area contributed by atoms with E-state index in [4.69, 9.17) is 16.7 Å². The molecule has 0 saturated carbocycles. The molecule has 0 spiro atoms. The van der Waals surface area contributed by atoms with Gasteiger partial charge in [0.05, 0.1) is 17.1 Å². The predicted octanol–water partition coefficient (Wildman–Crippen LogP) is 3.41. The Labute approximate surface area is 159 Å². The molecule has 7 nitrogen and oxygen atoms in total. The highest BCUT2D eigenvalue weighted by atomic mass is 35.5. The van der Waals surface area contributed by atoms with Gasteiger partial charge in [0, 0.05) is 17.5 Å². The monoisotopic (exact) mass is 395 g/mol. The van der Waals surface area contributed by atoms with Crippen LogP contribution in [0.2, 0.25) is 5.02 Å². The molecule has 3 N–H and O–H groups in total. The standard InChI is InChI=1S/C17H18ClN3O4S/c1-9(2)5-14(22)20-10-3-4-12(18)11(6-10)16(23)19-7-15-21-13(8-26-15)17(24)25/h3-4,6,8-9H,5,7H2,1-2H3,(H,19,23)(H,20,22)(H,24,25). The summed E-state index contributed by atoms with van der Waals surface area (Å²) in [7, 11) is 0. The number of nitrogens with zero attached hydrogens (tertiary/aromatic N) is 1. The van der Waals surface area contributed by atoms with E-state index in [0.29, 0.717) is 17.1 Å². The van der Waals surface area contributed by atoms with Gasteiger partial charge in [0.15, 0.2) is 5.69 Å². The number of benzene rings is 1. The van der Waals surface area contributed by atoms with Crippen molar-refractivity contribution in [3.63, 3.8) is 0 Å². The van der Waals surface area contributed by atoms with Gasteiger partial charge in [-0.05, 0) is 24.1 Å². The second kappa shape index (κ2) is 8.77. The van der Waals surface area contributed by atoms with Crippen LogP contribution < -0.4 is 10.6 Å². The van der Waals surface area contributed by atoms with Crippen LogP contribution in [0.3, 0.4) is 0 Å². The van der Waals surface area contributed by atoms with Crippen LogP contribution >= 0.6 is 22.9 Å². The smallest absolute Gasteiger partial charge is 0.355 e. The van der Waals surface area contributed by atoms with Crippen molar-refractivity contribution in [1.82, 2.24) is 10.3 Å². The number of anilines is 1. The summed E-state index contributed by atoms with van der Waals surface area (Å²) in [6, 6.07) is 4.66. The molecule has 0 aliphatic carbocycles. The largest absolute Gasteiger partial charge is 0.476 e. The van der Waals surface area contributed by atoms with Crippen molar-refractivity contribution in [1.29, 1.82) is 0 Å². The molecule has 9 heteroatoms. The molecule has 2 rings (SSSR count). The van der Waals surface area contributed by atoms with Gasteiger partial charge in [0.25, 0.3) is 5.91 Å². The number of aromatic carboxylic acids is 1. The molecule has 0 fully saturated rings. The van der Waals surface area contributed by atoms with E-state index in [2.05, 4.69) is 15.6 Å². The molecule has 0 bridgehead atoms. The Morgan fingerprint density at radius 3 is 2.65 bits per heavy atom. The first kappa shape index (κ1) is 19.9. The lowest BCUT2D eigenvalue weighted by Gasteiger charge is -2.10. The Kier molecular flexibility index (Phi) is 6.70. The highest BCUT2D eigenvalue weighted by Crippen LogP contribution is 2.21. The highest BCUT2D eigenvalue weighted by Gasteiger charge is 2.14. The summed E-state index contributed by atoms with van der Waals surface area (Å²) >= 11 is 7.21. The Bertz CT molecular complexity index is 835. The van der Waals surface area contributed by atoms with E-state index in [0.717, 1.165) is 11.3 Å². The van der Waals surface area contributed by atoms with Crippen LogP contribution in [0.1, 0.15) is 46.1 Å². The summed E-state index contributed by atoms with van der Waals surface area (Å²) < 4.78 is 0. The second-order valence-electron chi connectivity index (χ2n) is 5.96. The first-order valence-corrected chi connectivity index (χ1v) is 9.07. The number of nitrogens with one attached hydrogen (secondary N) is 2. The van der Waals surface area contributed by atoms with Gasteiger partial charge in [-0.1, -0.05) is 25.4 Å². The van der Waals surface area contributed by atoms with Crippen molar-refractivity contribution in [3.8, 4) is 0 Å². The van der Waals surface area contributed by atoms with Crippen LogP contribution in [0.4, 0.5) is 5.69 Å². The Balaban J connectivity index is 2.04. The molecule has 1 aromatic carbocycles. The lowest BCUT2D eigenvalue weighted by atomic mass is 10.1. The van der Waals surface area contributed by atoms with Gasteiger partial charge >= 0.3 is 5.97 Å². The van der Waals surface area contributed by atoms with E-state index in [1.54, 1.807) is 6.07 Å². The van der Waals surface area contributed by atoms with E-state index in [1.807, 2.05) is 13.8 Å². The Morgan fingerprint density at radius 2 is 2.04 bits per heavy atom. The molecule has 0 unspecified atom stereocenters. The fraction of sp³-hybridized carbons (Fsp3) is 0.294. The maximum absolute atomic E-state index is 12.3. The maximum Gasteiger partial charge on any atom is 0.355 e. The molecule has 0 aliphatic heterocycles. The molecule has 138 valence electrons. The van der Waals surface area contributed by atoms with Gasteiger partial charge in [0.1, 0.15) is 5.01 Å². The molecular weight excluding hydrogens is 378 g/mol. The van der Waals surface area contributed by atoms with E-state index in [9.17, 15) is 14.4 Å². The number of hydrogen-bond donors (Lipinski definition) is 3. The zero-order valence-corrected chi connectivity index (χ0v) is 15.8. The van der Waals surface area contributed by atoms with Crippen LogP contribution in [0.25, 0.3) is 0 Å². The van der Waals surface area contributed by atoms with Gasteiger partial charge in [-0.3, -0.25) is 9.59 Å². The summed E-state index contributed by atoms with van der Waals surface area (Å²) in [6.45, 7) is 3.96. The Morgan fingerprint density at radius 1 is 1.31 bits per heavy atom. The van der Waals surface area contributed by atoms with Crippen molar-refractivity contribution >= 4 is 46.4 Å². The number of carbonyl (C=O) groups excluding carboxylic acids is 2. The summed E-state index contributed by atoms with van der Waals surface area (Å²) in [5.74, 6) is -1.48.